The number of esters is 1. The van der Waals surface area contributed by atoms with Crippen molar-refractivity contribution in [1.29, 1.82) is 0 Å². The Labute approximate surface area is 119 Å². The Morgan fingerprint density at radius 1 is 1.33 bits per heavy atom. The summed E-state index contributed by atoms with van der Waals surface area (Å²) in [4.78, 5) is 22.7. The van der Waals surface area contributed by atoms with E-state index in [-0.39, 0.29) is 12.1 Å². The average molecular weight is 304 g/mol. The van der Waals surface area contributed by atoms with Crippen LogP contribution in [-0.2, 0) is 20.5 Å². The van der Waals surface area contributed by atoms with Gasteiger partial charge in [-0.1, -0.05) is 13.0 Å². The van der Waals surface area contributed by atoms with Crippen LogP contribution in [0.5, 0.6) is 0 Å². The smallest absolute Gasteiger partial charge is 0.416 e. The molecule has 0 heterocycles. The van der Waals surface area contributed by atoms with Crippen molar-refractivity contribution < 1.29 is 27.5 Å². The van der Waals surface area contributed by atoms with Crippen molar-refractivity contribution in [3.63, 3.8) is 0 Å². The maximum absolute atomic E-state index is 12.5. The fraction of sp³-hybridized carbons (Fsp3) is 0.385. The molecule has 1 aromatic rings. The number of alkyl halides is 3. The molecule has 5 nitrogen and oxygen atoms in total. The quantitative estimate of drug-likeness (QED) is 0.647. The zero-order valence-electron chi connectivity index (χ0n) is 11.5. The molecule has 0 saturated heterocycles. The third-order valence-corrected chi connectivity index (χ3v) is 2.63. The number of carbonyl (C=O) groups is 2. The lowest BCUT2D eigenvalue weighted by atomic mass is 10.1. The standard InChI is InChI=1S/C13H15F3N2O3/c1-8(12(20)21-2)6-11(19)18-17-10-5-3-4-9(7-10)13(14,15)16/h3-5,7-8,17H,6H2,1-2H3,(H,18,19). The molecular formula is C13H15F3N2O3. The lowest BCUT2D eigenvalue weighted by Gasteiger charge is -2.13. The molecule has 1 atom stereocenters. The van der Waals surface area contributed by atoms with Gasteiger partial charge in [0.25, 0.3) is 0 Å². The number of benzene rings is 1. The Hall–Kier alpha value is -2.25. The SMILES string of the molecule is COC(=O)C(C)CC(=O)NNc1cccc(C(F)(F)F)c1. The molecule has 116 valence electrons. The first kappa shape index (κ1) is 16.8. The van der Waals surface area contributed by atoms with E-state index in [4.69, 9.17) is 0 Å². The number of hydrogen-bond donors (Lipinski definition) is 2. The second-order valence-corrected chi connectivity index (χ2v) is 4.38. The van der Waals surface area contributed by atoms with Crippen LogP contribution in [0.3, 0.4) is 0 Å². The second-order valence-electron chi connectivity index (χ2n) is 4.38. The summed E-state index contributed by atoms with van der Waals surface area (Å²) in [5.41, 5.74) is 3.85. The molecule has 2 N–H and O–H groups in total. The minimum Gasteiger partial charge on any atom is -0.469 e. The number of amides is 1. The number of rotatable bonds is 5. The molecule has 0 bridgehead atoms. The Morgan fingerprint density at radius 3 is 2.57 bits per heavy atom. The summed E-state index contributed by atoms with van der Waals surface area (Å²) in [7, 11) is 1.21. The van der Waals surface area contributed by atoms with Gasteiger partial charge in [-0.3, -0.25) is 20.4 Å². The average Bonchev–Trinajstić information content (AvgIpc) is 2.43. The van der Waals surface area contributed by atoms with Crippen LogP contribution in [0.4, 0.5) is 18.9 Å². The largest absolute Gasteiger partial charge is 0.469 e. The molecule has 0 aromatic heterocycles. The number of methoxy groups -OCH3 is 1. The number of hydrogen-bond acceptors (Lipinski definition) is 4. The van der Waals surface area contributed by atoms with Gasteiger partial charge in [0.05, 0.1) is 24.3 Å². The fourth-order valence-electron chi connectivity index (χ4n) is 1.53. The predicted octanol–water partition coefficient (Wildman–Crippen LogP) is 2.35. The molecule has 1 unspecified atom stereocenters. The van der Waals surface area contributed by atoms with Gasteiger partial charge in [0.2, 0.25) is 5.91 Å². The van der Waals surface area contributed by atoms with E-state index in [1.807, 2.05) is 0 Å². The van der Waals surface area contributed by atoms with E-state index in [9.17, 15) is 22.8 Å². The lowest BCUT2D eigenvalue weighted by molar-refractivity contribution is -0.146. The second kappa shape index (κ2) is 6.96. The third kappa shape index (κ3) is 5.33. The van der Waals surface area contributed by atoms with Crippen LogP contribution in [0.1, 0.15) is 18.9 Å². The lowest BCUT2D eigenvalue weighted by Crippen LogP contribution is -2.32. The first-order chi connectivity index (χ1) is 9.74. The van der Waals surface area contributed by atoms with E-state index in [1.165, 1.54) is 26.2 Å². The van der Waals surface area contributed by atoms with Crippen LogP contribution in [0.2, 0.25) is 0 Å². The van der Waals surface area contributed by atoms with Crippen molar-refractivity contribution >= 4 is 17.6 Å². The molecule has 1 rings (SSSR count). The summed E-state index contributed by atoms with van der Waals surface area (Å²) in [6.45, 7) is 1.51. The van der Waals surface area contributed by atoms with E-state index in [2.05, 4.69) is 15.6 Å². The molecule has 0 saturated carbocycles. The maximum Gasteiger partial charge on any atom is 0.416 e. The van der Waals surface area contributed by atoms with Crippen molar-refractivity contribution in [3.8, 4) is 0 Å². The molecule has 0 spiro atoms. The van der Waals surface area contributed by atoms with Crippen LogP contribution in [0, 0.1) is 5.92 Å². The molecular weight excluding hydrogens is 289 g/mol. The Balaban J connectivity index is 2.56. The Bertz CT molecular complexity index is 518. The first-order valence-electron chi connectivity index (χ1n) is 6.04. The maximum atomic E-state index is 12.5. The highest BCUT2D eigenvalue weighted by molar-refractivity contribution is 5.83. The summed E-state index contributed by atoms with van der Waals surface area (Å²) in [6, 6.07) is 4.38. The van der Waals surface area contributed by atoms with Gasteiger partial charge in [-0.05, 0) is 18.2 Å². The van der Waals surface area contributed by atoms with Gasteiger partial charge in [0.15, 0.2) is 0 Å². The van der Waals surface area contributed by atoms with Crippen molar-refractivity contribution in [2.75, 3.05) is 12.5 Å². The number of anilines is 1. The van der Waals surface area contributed by atoms with E-state index < -0.39 is 29.5 Å². The number of hydrazine groups is 1. The molecule has 1 amide bonds. The number of ether oxygens (including phenoxy) is 1. The van der Waals surface area contributed by atoms with Crippen LogP contribution < -0.4 is 10.9 Å². The zero-order chi connectivity index (χ0) is 16.0. The molecule has 0 aliphatic heterocycles. The minimum atomic E-state index is -4.46. The summed E-state index contributed by atoms with van der Waals surface area (Å²) < 4.78 is 42.0. The van der Waals surface area contributed by atoms with E-state index in [0.717, 1.165) is 12.1 Å². The van der Waals surface area contributed by atoms with Gasteiger partial charge in [-0.2, -0.15) is 13.2 Å². The molecule has 8 heteroatoms. The van der Waals surface area contributed by atoms with E-state index in [1.54, 1.807) is 0 Å². The van der Waals surface area contributed by atoms with Gasteiger partial charge in [-0.25, -0.2) is 0 Å². The Kier molecular flexibility index (Phi) is 5.57. The van der Waals surface area contributed by atoms with Crippen LogP contribution >= 0.6 is 0 Å². The van der Waals surface area contributed by atoms with Gasteiger partial charge in [0.1, 0.15) is 0 Å². The third-order valence-electron chi connectivity index (χ3n) is 2.63. The van der Waals surface area contributed by atoms with Crippen LogP contribution in [0.25, 0.3) is 0 Å². The Morgan fingerprint density at radius 2 is 2.00 bits per heavy atom. The molecule has 0 aliphatic carbocycles. The summed E-state index contributed by atoms with van der Waals surface area (Å²) in [5, 5.41) is 0. The van der Waals surface area contributed by atoms with Gasteiger partial charge >= 0.3 is 12.1 Å². The highest BCUT2D eigenvalue weighted by Crippen LogP contribution is 2.30. The topological polar surface area (TPSA) is 67.4 Å². The van der Waals surface area contributed by atoms with E-state index in [0.29, 0.717) is 0 Å². The molecule has 0 aliphatic rings. The number of halogens is 3. The normalized spacial score (nSPS) is 12.4. The van der Waals surface area contributed by atoms with Gasteiger partial charge < -0.3 is 4.74 Å². The predicted molar refractivity (Wildman–Crippen MR) is 69.0 cm³/mol. The van der Waals surface area contributed by atoms with E-state index >= 15 is 0 Å². The van der Waals surface area contributed by atoms with Gasteiger partial charge in [-0.15, -0.1) is 0 Å². The highest BCUT2D eigenvalue weighted by atomic mass is 19.4. The first-order valence-corrected chi connectivity index (χ1v) is 6.04. The van der Waals surface area contributed by atoms with Crippen molar-refractivity contribution in [2.45, 2.75) is 19.5 Å². The number of carbonyl (C=O) groups excluding carboxylic acids is 2. The summed E-state index contributed by atoms with van der Waals surface area (Å²) in [6.07, 6.45) is -4.60. The van der Waals surface area contributed by atoms with Gasteiger partial charge in [0, 0.05) is 6.42 Å². The van der Waals surface area contributed by atoms with Crippen molar-refractivity contribution in [1.82, 2.24) is 5.43 Å². The number of nitrogens with one attached hydrogen (secondary N) is 2. The summed E-state index contributed by atoms with van der Waals surface area (Å²) in [5.74, 6) is -1.71. The van der Waals surface area contributed by atoms with Crippen LogP contribution in [0.15, 0.2) is 24.3 Å². The van der Waals surface area contributed by atoms with Crippen molar-refractivity contribution in [3.05, 3.63) is 29.8 Å². The fourth-order valence-corrected chi connectivity index (χ4v) is 1.53. The highest BCUT2D eigenvalue weighted by Gasteiger charge is 2.30. The molecule has 21 heavy (non-hydrogen) atoms. The minimum absolute atomic E-state index is 0.0869. The summed E-state index contributed by atoms with van der Waals surface area (Å²) >= 11 is 0. The molecule has 1 aromatic carbocycles. The molecule has 0 fully saturated rings. The van der Waals surface area contributed by atoms with Crippen molar-refractivity contribution in [2.24, 2.45) is 5.92 Å². The molecule has 0 radical (unpaired) electrons. The zero-order valence-corrected chi connectivity index (χ0v) is 11.5. The van der Waals surface area contributed by atoms with Crippen LogP contribution in [-0.4, -0.2) is 19.0 Å². The monoisotopic (exact) mass is 304 g/mol.